The molecule has 0 spiro atoms. The number of nitrogens with zero attached hydrogens (tertiary/aromatic N) is 3. The summed E-state index contributed by atoms with van der Waals surface area (Å²) in [5.41, 5.74) is 0.280. The van der Waals surface area contributed by atoms with Crippen LogP contribution in [0.25, 0.3) is 0 Å². The maximum atomic E-state index is 13.7. The van der Waals surface area contributed by atoms with Gasteiger partial charge in [0.25, 0.3) is 0 Å². The maximum Gasteiger partial charge on any atom is 0.240 e. The predicted molar refractivity (Wildman–Crippen MR) is 118 cm³/mol. The molecule has 4 rings (SSSR count). The molecule has 2 fully saturated rings. The summed E-state index contributed by atoms with van der Waals surface area (Å²) in [7, 11) is 0. The van der Waals surface area contributed by atoms with Gasteiger partial charge in [-0.2, -0.15) is 0 Å². The van der Waals surface area contributed by atoms with E-state index in [1.54, 1.807) is 11.1 Å². The van der Waals surface area contributed by atoms with Crippen LogP contribution in [0.2, 0.25) is 0 Å². The monoisotopic (exact) mass is 435 g/mol. The van der Waals surface area contributed by atoms with Gasteiger partial charge < -0.3 is 10.0 Å². The Hall–Kier alpha value is -3.06. The molecule has 2 aromatic rings. The number of aliphatic hydroxyl groups is 1. The number of hydrogen-bond acceptors (Lipinski definition) is 5. The average molecular weight is 436 g/mol. The molecular weight excluding hydrogens is 406 g/mol. The molecule has 0 unspecified atom stereocenters. The van der Waals surface area contributed by atoms with Gasteiger partial charge in [-0.15, -0.1) is 0 Å². The van der Waals surface area contributed by atoms with Crippen LogP contribution in [-0.2, 0) is 26.2 Å². The number of hydrogen-bond donors (Lipinski definition) is 1. The van der Waals surface area contributed by atoms with E-state index in [-0.39, 0.29) is 49.8 Å². The summed E-state index contributed by atoms with van der Waals surface area (Å²) in [6.45, 7) is 0.716. The van der Waals surface area contributed by atoms with E-state index in [0.717, 1.165) is 25.0 Å². The average Bonchev–Trinajstić information content (AvgIpc) is 3.08. The Bertz CT molecular complexity index is 966. The van der Waals surface area contributed by atoms with E-state index in [1.165, 1.54) is 4.90 Å². The summed E-state index contributed by atoms with van der Waals surface area (Å²) in [6, 6.07) is 14.5. The standard InChI is InChI=1S/C25H29N3O4/c29-18-21-11-5-7-14-27(21)22(30)16-25(19-8-2-1-3-9-19)17-23(31)28(24(25)32)15-12-20-10-4-6-13-26-20/h1-4,6,8-10,13,21,29H,5,7,11-12,14-18H2/t21-,25-/m0/s1. The SMILES string of the molecule is O=C1C[C@@](CC(=O)N2CCCC[C@H]2CO)(c2ccccc2)C(=O)N1CCc1ccccn1. The van der Waals surface area contributed by atoms with Gasteiger partial charge in [0, 0.05) is 44.2 Å². The fourth-order valence-electron chi connectivity index (χ4n) is 4.90. The van der Waals surface area contributed by atoms with Crippen LogP contribution in [0.5, 0.6) is 0 Å². The molecule has 168 valence electrons. The van der Waals surface area contributed by atoms with Crippen LogP contribution >= 0.6 is 0 Å². The summed E-state index contributed by atoms with van der Waals surface area (Å²) >= 11 is 0. The number of carbonyl (C=O) groups excluding carboxylic acids is 3. The Labute approximate surface area is 188 Å². The van der Waals surface area contributed by atoms with Crippen molar-refractivity contribution >= 4 is 17.7 Å². The molecule has 2 saturated heterocycles. The molecule has 3 heterocycles. The molecule has 2 atom stereocenters. The van der Waals surface area contributed by atoms with Crippen molar-refractivity contribution in [3.05, 3.63) is 66.0 Å². The maximum absolute atomic E-state index is 13.7. The lowest BCUT2D eigenvalue weighted by Gasteiger charge is -2.37. The molecular formula is C25H29N3O4. The topological polar surface area (TPSA) is 90.8 Å². The molecule has 0 saturated carbocycles. The number of likely N-dealkylation sites (tertiary alicyclic amines) is 2. The number of rotatable bonds is 7. The molecule has 7 heteroatoms. The van der Waals surface area contributed by atoms with Crippen molar-refractivity contribution in [2.75, 3.05) is 19.7 Å². The second kappa shape index (κ2) is 9.61. The molecule has 0 radical (unpaired) electrons. The van der Waals surface area contributed by atoms with Crippen molar-refractivity contribution < 1.29 is 19.5 Å². The van der Waals surface area contributed by atoms with Crippen LogP contribution in [0.15, 0.2) is 54.7 Å². The van der Waals surface area contributed by atoms with E-state index in [0.29, 0.717) is 18.5 Å². The summed E-state index contributed by atoms with van der Waals surface area (Å²) < 4.78 is 0. The van der Waals surface area contributed by atoms with E-state index in [4.69, 9.17) is 0 Å². The Kier molecular flexibility index (Phi) is 6.65. The lowest BCUT2D eigenvalue weighted by Crippen LogP contribution is -2.49. The first-order valence-corrected chi connectivity index (χ1v) is 11.3. The van der Waals surface area contributed by atoms with E-state index < -0.39 is 5.41 Å². The first-order valence-electron chi connectivity index (χ1n) is 11.3. The fourth-order valence-corrected chi connectivity index (χ4v) is 4.90. The van der Waals surface area contributed by atoms with Gasteiger partial charge in [-0.1, -0.05) is 36.4 Å². The number of piperidine rings is 1. The van der Waals surface area contributed by atoms with Gasteiger partial charge in [0.1, 0.15) is 0 Å². The zero-order chi connectivity index (χ0) is 22.6. The van der Waals surface area contributed by atoms with Crippen molar-refractivity contribution in [1.29, 1.82) is 0 Å². The highest BCUT2D eigenvalue weighted by Crippen LogP contribution is 2.40. The highest BCUT2D eigenvalue weighted by Gasteiger charge is 2.54. The minimum atomic E-state index is -1.21. The van der Waals surface area contributed by atoms with E-state index in [9.17, 15) is 19.5 Å². The smallest absolute Gasteiger partial charge is 0.240 e. The number of aliphatic hydroxyl groups excluding tert-OH is 1. The van der Waals surface area contributed by atoms with E-state index >= 15 is 0 Å². The third-order valence-corrected chi connectivity index (χ3v) is 6.66. The number of pyridine rings is 1. The first-order chi connectivity index (χ1) is 15.5. The first kappa shape index (κ1) is 22.1. The quantitative estimate of drug-likeness (QED) is 0.673. The van der Waals surface area contributed by atoms with Gasteiger partial charge in [0.15, 0.2) is 0 Å². The number of benzene rings is 1. The molecule has 1 aromatic heterocycles. The highest BCUT2D eigenvalue weighted by atomic mass is 16.3. The summed E-state index contributed by atoms with van der Waals surface area (Å²) in [4.78, 5) is 47.3. The number of aromatic nitrogens is 1. The molecule has 32 heavy (non-hydrogen) atoms. The normalized spacial score (nSPS) is 23.6. The Morgan fingerprint density at radius 3 is 2.59 bits per heavy atom. The van der Waals surface area contributed by atoms with Crippen molar-refractivity contribution in [3.63, 3.8) is 0 Å². The third-order valence-electron chi connectivity index (χ3n) is 6.66. The van der Waals surface area contributed by atoms with E-state index in [2.05, 4.69) is 4.98 Å². The van der Waals surface area contributed by atoms with Gasteiger partial charge in [0.2, 0.25) is 17.7 Å². The molecule has 3 amide bonds. The van der Waals surface area contributed by atoms with Crippen LogP contribution in [0.1, 0.15) is 43.4 Å². The molecule has 7 nitrogen and oxygen atoms in total. The van der Waals surface area contributed by atoms with Gasteiger partial charge in [0.05, 0.1) is 18.1 Å². The van der Waals surface area contributed by atoms with Crippen molar-refractivity contribution in [2.24, 2.45) is 0 Å². The van der Waals surface area contributed by atoms with Crippen LogP contribution in [0.4, 0.5) is 0 Å². The number of imide groups is 1. The molecule has 2 aliphatic heterocycles. The minimum Gasteiger partial charge on any atom is -0.394 e. The van der Waals surface area contributed by atoms with Crippen LogP contribution in [0.3, 0.4) is 0 Å². The molecule has 1 N–H and O–H groups in total. The van der Waals surface area contributed by atoms with Gasteiger partial charge in [-0.25, -0.2) is 0 Å². The van der Waals surface area contributed by atoms with Gasteiger partial charge in [-0.05, 0) is 37.0 Å². The zero-order valence-corrected chi connectivity index (χ0v) is 18.2. The fraction of sp³-hybridized carbons (Fsp3) is 0.440. The number of amides is 3. The minimum absolute atomic E-state index is 0.0264. The summed E-state index contributed by atoms with van der Waals surface area (Å²) in [6.07, 6.45) is 4.66. The lowest BCUT2D eigenvalue weighted by molar-refractivity contribution is -0.144. The summed E-state index contributed by atoms with van der Waals surface area (Å²) in [5, 5.41) is 9.74. The predicted octanol–water partition coefficient (Wildman–Crippen LogP) is 2.08. The van der Waals surface area contributed by atoms with Crippen molar-refractivity contribution in [1.82, 2.24) is 14.8 Å². The van der Waals surface area contributed by atoms with Crippen molar-refractivity contribution in [2.45, 2.75) is 50.0 Å². The van der Waals surface area contributed by atoms with E-state index in [1.807, 2.05) is 48.5 Å². The second-order valence-corrected chi connectivity index (χ2v) is 8.64. The Balaban J connectivity index is 1.60. The zero-order valence-electron chi connectivity index (χ0n) is 18.2. The van der Waals surface area contributed by atoms with Crippen LogP contribution in [-0.4, -0.2) is 63.4 Å². The van der Waals surface area contributed by atoms with Gasteiger partial charge in [-0.3, -0.25) is 24.3 Å². The summed E-state index contributed by atoms with van der Waals surface area (Å²) in [5.74, 6) is -0.768. The molecule has 0 bridgehead atoms. The van der Waals surface area contributed by atoms with Crippen LogP contribution < -0.4 is 0 Å². The Morgan fingerprint density at radius 2 is 1.88 bits per heavy atom. The Morgan fingerprint density at radius 1 is 1.09 bits per heavy atom. The third kappa shape index (κ3) is 4.30. The molecule has 0 aliphatic carbocycles. The highest BCUT2D eigenvalue weighted by molar-refractivity contribution is 6.10. The second-order valence-electron chi connectivity index (χ2n) is 8.64. The van der Waals surface area contributed by atoms with Gasteiger partial charge >= 0.3 is 0 Å². The molecule has 1 aromatic carbocycles. The lowest BCUT2D eigenvalue weighted by atomic mass is 9.75. The number of carbonyl (C=O) groups is 3. The van der Waals surface area contributed by atoms with Crippen molar-refractivity contribution in [3.8, 4) is 0 Å². The van der Waals surface area contributed by atoms with Crippen LogP contribution in [0, 0.1) is 0 Å². The largest absolute Gasteiger partial charge is 0.394 e. The molecule has 2 aliphatic rings.